The van der Waals surface area contributed by atoms with Crippen LogP contribution in [-0.4, -0.2) is 5.97 Å². The molecule has 0 unspecified atom stereocenters. The minimum atomic E-state index is -0.472. The second-order valence-corrected chi connectivity index (χ2v) is 13.1. The maximum Gasteiger partial charge on any atom is 0.364 e. The number of carbonyl (C=O) groups is 1. The molecule has 2 N–H and O–H groups in total. The van der Waals surface area contributed by atoms with Gasteiger partial charge in [-0.3, -0.25) is 0 Å². The summed E-state index contributed by atoms with van der Waals surface area (Å²) in [6, 6.07) is 0. The Morgan fingerprint density at radius 2 is 1.32 bits per heavy atom. The van der Waals surface area contributed by atoms with Crippen molar-refractivity contribution in [3.05, 3.63) is 46.6 Å². The molecule has 4 aliphatic heterocycles. The minimum Gasteiger partial charge on any atom is -0.369 e. The van der Waals surface area contributed by atoms with E-state index in [1.54, 1.807) is 64.2 Å². The normalized spacial score (nSPS) is 23.8. The van der Waals surface area contributed by atoms with Crippen molar-refractivity contribution in [3.63, 3.8) is 0 Å². The van der Waals surface area contributed by atoms with Gasteiger partial charge in [-0.25, -0.2) is 4.79 Å². The molecule has 22 heavy (non-hydrogen) atoms. The molecule has 0 radical (unpaired) electrons. The maximum atomic E-state index is 11.4. The summed E-state index contributed by atoms with van der Waals surface area (Å²) < 4.78 is 7.83. The Hall–Kier alpha value is 0.930. The Balaban J connectivity index is 1.44. The summed E-state index contributed by atoms with van der Waals surface area (Å²) in [7, 11) is 0. The molecule has 0 aromatic heterocycles. The monoisotopic (exact) mass is 439 g/mol. The number of carbonyl (C=O) groups excluding carboxylic acids is 1. The van der Waals surface area contributed by atoms with Crippen LogP contribution in [0.3, 0.4) is 0 Å². The summed E-state index contributed by atoms with van der Waals surface area (Å²) in [5.41, 5.74) is 0. The summed E-state index contributed by atoms with van der Waals surface area (Å²) in [5, 5.41) is 6.06. The maximum absolute atomic E-state index is 11.4. The summed E-state index contributed by atoms with van der Waals surface area (Å²) in [6.07, 6.45) is 0. The first-order chi connectivity index (χ1) is 10.7. The highest BCUT2D eigenvalue weighted by Gasteiger charge is 2.35. The van der Waals surface area contributed by atoms with Crippen LogP contribution < -0.4 is 5.90 Å². The van der Waals surface area contributed by atoms with E-state index in [-0.39, 0.29) is 0 Å². The van der Waals surface area contributed by atoms with Crippen LogP contribution in [-0.2, 0) is 9.63 Å². The summed E-state index contributed by atoms with van der Waals surface area (Å²) in [5.74, 6) is 4.46. The van der Waals surface area contributed by atoms with E-state index in [2.05, 4.69) is 15.7 Å². The second kappa shape index (κ2) is 7.04. The number of thioether (sulfide) groups is 8. The molecule has 0 atom stereocenters. The third-order valence-electron chi connectivity index (χ3n) is 2.43. The number of hydrogen-bond acceptors (Lipinski definition) is 11. The first-order valence-electron chi connectivity index (χ1n) is 5.63. The largest absolute Gasteiger partial charge is 0.369 e. The van der Waals surface area contributed by atoms with Gasteiger partial charge in [0.1, 0.15) is 4.91 Å². The van der Waals surface area contributed by atoms with E-state index in [9.17, 15) is 4.79 Å². The van der Waals surface area contributed by atoms with E-state index in [0.29, 0.717) is 4.91 Å². The quantitative estimate of drug-likeness (QED) is 0.488. The predicted octanol–water partition coefficient (Wildman–Crippen LogP) is 6.02. The second-order valence-electron chi connectivity index (χ2n) is 3.75. The van der Waals surface area contributed by atoms with Crippen LogP contribution >= 0.6 is 94.1 Å². The minimum absolute atomic E-state index is 0.472. The molecule has 114 valence electrons. The molecule has 0 saturated carbocycles. The summed E-state index contributed by atoms with van der Waals surface area (Å²) in [4.78, 5) is 16.3. The SMILES string of the molecule is NOC(=O)C1=CSC(=C2SC3=C(SC(=C4SC=CS4)S3)S2)S1. The van der Waals surface area contributed by atoms with Crippen molar-refractivity contribution < 1.29 is 9.63 Å². The van der Waals surface area contributed by atoms with Crippen molar-refractivity contribution in [2.75, 3.05) is 0 Å². The molecule has 0 saturated heterocycles. The van der Waals surface area contributed by atoms with Crippen molar-refractivity contribution in [1.82, 2.24) is 0 Å². The Morgan fingerprint density at radius 1 is 0.773 bits per heavy atom. The highest BCUT2D eigenvalue weighted by Crippen LogP contribution is 2.70. The topological polar surface area (TPSA) is 52.3 Å². The fraction of sp³-hybridized carbons (Fsp3) is 0. The van der Waals surface area contributed by atoms with Gasteiger partial charge in [-0.2, -0.15) is 5.90 Å². The van der Waals surface area contributed by atoms with Crippen molar-refractivity contribution in [3.8, 4) is 0 Å². The lowest BCUT2D eigenvalue weighted by molar-refractivity contribution is -0.138. The fourth-order valence-corrected chi connectivity index (χ4v) is 12.5. The molecule has 0 spiro atoms. The van der Waals surface area contributed by atoms with Gasteiger partial charge in [0.25, 0.3) is 0 Å². The number of rotatable bonds is 1. The van der Waals surface area contributed by atoms with Crippen molar-refractivity contribution in [2.24, 2.45) is 5.90 Å². The van der Waals surface area contributed by atoms with Gasteiger partial charge in [0.15, 0.2) is 0 Å². The lowest BCUT2D eigenvalue weighted by Gasteiger charge is -2.06. The summed E-state index contributed by atoms with van der Waals surface area (Å²) >= 11 is 13.9. The molecular formula is C11H5NO2S8. The van der Waals surface area contributed by atoms with Crippen LogP contribution in [0.4, 0.5) is 0 Å². The van der Waals surface area contributed by atoms with Crippen LogP contribution in [0.25, 0.3) is 0 Å². The predicted molar refractivity (Wildman–Crippen MR) is 109 cm³/mol. The average Bonchev–Trinajstić information content (AvgIpc) is 3.25. The van der Waals surface area contributed by atoms with Gasteiger partial charge in [0.05, 0.1) is 25.4 Å². The Bertz CT molecular complexity index is 688. The molecular weight excluding hydrogens is 435 g/mol. The number of hydrogen-bond donors (Lipinski definition) is 1. The molecule has 0 fully saturated rings. The summed E-state index contributed by atoms with van der Waals surface area (Å²) in [6.45, 7) is 0. The van der Waals surface area contributed by atoms with Crippen LogP contribution in [0.1, 0.15) is 0 Å². The van der Waals surface area contributed by atoms with Crippen LogP contribution in [0.15, 0.2) is 46.6 Å². The van der Waals surface area contributed by atoms with E-state index in [1.165, 1.54) is 32.9 Å². The van der Waals surface area contributed by atoms with Gasteiger partial charge in [0, 0.05) is 0 Å². The molecule has 0 aromatic carbocycles. The molecule has 0 aliphatic carbocycles. The van der Waals surface area contributed by atoms with Crippen molar-refractivity contribution in [1.29, 1.82) is 0 Å². The smallest absolute Gasteiger partial charge is 0.364 e. The van der Waals surface area contributed by atoms with Crippen molar-refractivity contribution >= 4 is 100 Å². The van der Waals surface area contributed by atoms with E-state index in [4.69, 9.17) is 5.90 Å². The van der Waals surface area contributed by atoms with E-state index in [0.717, 1.165) is 4.24 Å². The van der Waals surface area contributed by atoms with Gasteiger partial charge in [0.2, 0.25) is 0 Å². The fourth-order valence-electron chi connectivity index (χ4n) is 1.55. The Morgan fingerprint density at radius 3 is 1.91 bits per heavy atom. The molecule has 4 aliphatic rings. The van der Waals surface area contributed by atoms with E-state index < -0.39 is 5.97 Å². The molecule has 0 bridgehead atoms. The Labute approximate surface area is 160 Å². The zero-order chi connectivity index (χ0) is 15.1. The molecule has 4 rings (SSSR count). The zero-order valence-corrected chi connectivity index (χ0v) is 16.9. The average molecular weight is 440 g/mol. The highest BCUT2D eigenvalue weighted by molar-refractivity contribution is 8.49. The third kappa shape index (κ3) is 3.21. The van der Waals surface area contributed by atoms with E-state index >= 15 is 0 Å². The number of nitrogens with two attached hydrogens (primary N) is 1. The van der Waals surface area contributed by atoms with Crippen LogP contribution in [0.5, 0.6) is 0 Å². The standard InChI is InChI=1S/C11H5NO2S8/c12-14-5(13)4-3-17-7(18-4)9-21-10-11(22-9)20-8(19-10)6-15-1-2-16-6/h1-3H,12H2. The van der Waals surface area contributed by atoms with Crippen LogP contribution in [0.2, 0.25) is 0 Å². The zero-order valence-electron chi connectivity index (χ0n) is 10.4. The highest BCUT2D eigenvalue weighted by atomic mass is 32.3. The molecule has 4 heterocycles. The van der Waals surface area contributed by atoms with Gasteiger partial charge >= 0.3 is 5.97 Å². The Kier molecular flexibility index (Phi) is 5.25. The third-order valence-corrected chi connectivity index (χ3v) is 13.6. The van der Waals surface area contributed by atoms with Gasteiger partial charge in [-0.05, 0) is 16.2 Å². The van der Waals surface area contributed by atoms with E-state index in [1.807, 2.05) is 23.5 Å². The molecule has 11 heteroatoms. The van der Waals surface area contributed by atoms with Crippen molar-refractivity contribution in [2.45, 2.75) is 0 Å². The molecule has 0 aromatic rings. The molecule has 0 amide bonds. The van der Waals surface area contributed by atoms with Gasteiger partial charge in [-0.1, -0.05) is 94.1 Å². The lowest BCUT2D eigenvalue weighted by atomic mass is 10.6. The van der Waals surface area contributed by atoms with Crippen LogP contribution in [0, 0.1) is 0 Å². The van der Waals surface area contributed by atoms with Gasteiger partial charge < -0.3 is 4.84 Å². The molecule has 3 nitrogen and oxygen atoms in total. The first-order valence-corrected chi connectivity index (χ1v) is 12.3. The lowest BCUT2D eigenvalue weighted by Crippen LogP contribution is -2.09. The first kappa shape index (κ1) is 16.4. The van der Waals surface area contributed by atoms with Gasteiger partial charge in [-0.15, -0.1) is 0 Å².